The molecule has 0 saturated heterocycles. The van der Waals surface area contributed by atoms with E-state index in [1.54, 1.807) is 11.8 Å². The molecule has 0 aromatic heterocycles. The maximum atomic E-state index is 12.0. The van der Waals surface area contributed by atoms with Crippen molar-refractivity contribution in [1.82, 2.24) is 5.43 Å². The molecule has 1 atom stereocenters. The van der Waals surface area contributed by atoms with Crippen molar-refractivity contribution >= 4 is 11.8 Å². The minimum Gasteiger partial charge on any atom is -0.271 e. The van der Waals surface area contributed by atoms with Crippen LogP contribution in [0.4, 0.5) is 13.2 Å². The summed E-state index contributed by atoms with van der Waals surface area (Å²) in [6.45, 7) is 2.01. The third-order valence-corrected chi connectivity index (χ3v) is 3.85. The van der Waals surface area contributed by atoms with Gasteiger partial charge >= 0.3 is 6.18 Å². The first-order valence-electron chi connectivity index (χ1n) is 6.13. The lowest BCUT2D eigenvalue weighted by atomic mass is 10.1. The Hall–Kier alpha value is -0.720. The summed E-state index contributed by atoms with van der Waals surface area (Å²) in [7, 11) is 0. The van der Waals surface area contributed by atoms with Gasteiger partial charge in [-0.05, 0) is 31.9 Å². The minimum absolute atomic E-state index is 0.104. The van der Waals surface area contributed by atoms with Gasteiger partial charge in [0.25, 0.3) is 0 Å². The molecule has 1 unspecified atom stereocenters. The van der Waals surface area contributed by atoms with E-state index in [0.717, 1.165) is 4.90 Å². The van der Waals surface area contributed by atoms with Crippen LogP contribution in [0, 0.1) is 6.92 Å². The maximum absolute atomic E-state index is 12.0. The first-order chi connectivity index (χ1) is 8.90. The van der Waals surface area contributed by atoms with Crippen LogP contribution in [-0.2, 0) is 0 Å². The predicted molar refractivity (Wildman–Crippen MR) is 72.9 cm³/mol. The Morgan fingerprint density at radius 1 is 1.37 bits per heavy atom. The van der Waals surface area contributed by atoms with Crippen LogP contribution < -0.4 is 11.3 Å². The predicted octanol–water partition coefficient (Wildman–Crippen LogP) is 3.65. The quantitative estimate of drug-likeness (QED) is 0.458. The number of nitrogens with one attached hydrogen (secondary N) is 1. The molecular formula is C13H19F3N2S. The highest BCUT2D eigenvalue weighted by Crippen LogP contribution is 2.24. The monoisotopic (exact) mass is 292 g/mol. The van der Waals surface area contributed by atoms with Crippen molar-refractivity contribution in [3.8, 4) is 0 Å². The van der Waals surface area contributed by atoms with Gasteiger partial charge in [-0.1, -0.05) is 17.7 Å². The zero-order valence-corrected chi connectivity index (χ0v) is 11.7. The fraction of sp³-hybridized carbons (Fsp3) is 0.538. The smallest absolute Gasteiger partial charge is 0.271 e. The van der Waals surface area contributed by atoms with Gasteiger partial charge in [0.1, 0.15) is 0 Å². The molecule has 0 aliphatic carbocycles. The summed E-state index contributed by atoms with van der Waals surface area (Å²) >= 11 is 1.60. The molecule has 108 valence electrons. The summed E-state index contributed by atoms with van der Waals surface area (Å²) in [5.74, 6) is 6.04. The first-order valence-corrected chi connectivity index (χ1v) is 7.11. The van der Waals surface area contributed by atoms with Crippen LogP contribution in [0.1, 0.15) is 24.8 Å². The molecule has 0 aliphatic rings. The number of nitrogens with two attached hydrogens (primary N) is 1. The average molecular weight is 292 g/mol. The summed E-state index contributed by atoms with van der Waals surface area (Å²) in [4.78, 5) is 1.11. The summed E-state index contributed by atoms with van der Waals surface area (Å²) in [5.41, 5.74) is 3.75. The van der Waals surface area contributed by atoms with Crippen molar-refractivity contribution in [3.05, 3.63) is 29.8 Å². The number of aryl methyl sites for hydroxylation is 1. The molecule has 0 aliphatic heterocycles. The second-order valence-electron chi connectivity index (χ2n) is 4.50. The fourth-order valence-corrected chi connectivity index (χ4v) is 2.77. The number of hydrogen-bond acceptors (Lipinski definition) is 3. The van der Waals surface area contributed by atoms with Crippen LogP contribution in [0.2, 0.25) is 0 Å². The van der Waals surface area contributed by atoms with Gasteiger partial charge in [-0.2, -0.15) is 13.2 Å². The van der Waals surface area contributed by atoms with Crippen LogP contribution in [0.3, 0.4) is 0 Å². The Bertz CT molecular complexity index is 382. The second-order valence-corrected chi connectivity index (χ2v) is 5.59. The standard InChI is InChI=1S/C13H19F3N2S/c1-10-4-2-6-12(8-10)19-9-11(18-17)5-3-7-13(14,15)16/h2,4,6,8,11,18H,3,5,7,9,17H2,1H3. The van der Waals surface area contributed by atoms with Gasteiger partial charge in [0.2, 0.25) is 0 Å². The van der Waals surface area contributed by atoms with E-state index >= 15 is 0 Å². The van der Waals surface area contributed by atoms with Gasteiger partial charge in [-0.3, -0.25) is 11.3 Å². The Morgan fingerprint density at radius 2 is 2.11 bits per heavy atom. The van der Waals surface area contributed by atoms with E-state index in [4.69, 9.17) is 5.84 Å². The van der Waals surface area contributed by atoms with Crippen molar-refractivity contribution in [2.75, 3.05) is 5.75 Å². The number of hydrazine groups is 1. The Labute approximate surface area is 115 Å². The molecule has 19 heavy (non-hydrogen) atoms. The topological polar surface area (TPSA) is 38.0 Å². The van der Waals surface area contributed by atoms with Crippen molar-refractivity contribution in [2.24, 2.45) is 5.84 Å². The van der Waals surface area contributed by atoms with E-state index in [1.165, 1.54) is 5.56 Å². The average Bonchev–Trinajstić information content (AvgIpc) is 2.32. The second kappa shape index (κ2) is 7.77. The fourth-order valence-electron chi connectivity index (χ4n) is 1.67. The lowest BCUT2D eigenvalue weighted by molar-refractivity contribution is -0.135. The Kier molecular flexibility index (Phi) is 6.68. The van der Waals surface area contributed by atoms with Gasteiger partial charge in [-0.15, -0.1) is 11.8 Å². The van der Waals surface area contributed by atoms with Gasteiger partial charge in [0.05, 0.1) is 0 Å². The number of halogens is 3. The Morgan fingerprint density at radius 3 is 2.68 bits per heavy atom. The van der Waals surface area contributed by atoms with E-state index in [0.29, 0.717) is 12.2 Å². The Balaban J connectivity index is 2.32. The number of hydrogen-bond donors (Lipinski definition) is 2. The third kappa shape index (κ3) is 7.44. The molecule has 0 fully saturated rings. The normalized spacial score (nSPS) is 13.5. The molecule has 1 aromatic rings. The summed E-state index contributed by atoms with van der Waals surface area (Å²) in [5, 5.41) is 0. The molecule has 6 heteroatoms. The molecular weight excluding hydrogens is 273 g/mol. The zero-order chi connectivity index (χ0) is 14.3. The lowest BCUT2D eigenvalue weighted by Gasteiger charge is -2.16. The largest absolute Gasteiger partial charge is 0.389 e. The zero-order valence-electron chi connectivity index (χ0n) is 10.8. The lowest BCUT2D eigenvalue weighted by Crippen LogP contribution is -2.37. The molecule has 0 spiro atoms. The summed E-state index contributed by atoms with van der Waals surface area (Å²) in [6.07, 6.45) is -4.30. The van der Waals surface area contributed by atoms with Gasteiger partial charge in [0.15, 0.2) is 0 Å². The highest BCUT2D eigenvalue weighted by Gasteiger charge is 2.26. The van der Waals surface area contributed by atoms with E-state index in [1.807, 2.05) is 31.2 Å². The number of rotatable bonds is 7. The van der Waals surface area contributed by atoms with Crippen molar-refractivity contribution in [1.29, 1.82) is 0 Å². The minimum atomic E-state index is -4.08. The van der Waals surface area contributed by atoms with Crippen LogP contribution in [-0.4, -0.2) is 18.0 Å². The first kappa shape index (κ1) is 16.3. The van der Waals surface area contributed by atoms with E-state index in [9.17, 15) is 13.2 Å². The number of benzene rings is 1. The maximum Gasteiger partial charge on any atom is 0.389 e. The van der Waals surface area contributed by atoms with Crippen molar-refractivity contribution in [2.45, 2.75) is 43.3 Å². The van der Waals surface area contributed by atoms with Crippen LogP contribution in [0.15, 0.2) is 29.2 Å². The molecule has 0 amide bonds. The van der Waals surface area contributed by atoms with E-state index < -0.39 is 12.6 Å². The highest BCUT2D eigenvalue weighted by molar-refractivity contribution is 7.99. The van der Waals surface area contributed by atoms with Crippen molar-refractivity contribution < 1.29 is 13.2 Å². The van der Waals surface area contributed by atoms with Gasteiger partial charge < -0.3 is 0 Å². The van der Waals surface area contributed by atoms with Gasteiger partial charge in [0, 0.05) is 23.1 Å². The number of thioether (sulfide) groups is 1. The van der Waals surface area contributed by atoms with E-state index in [-0.39, 0.29) is 12.5 Å². The molecule has 0 bridgehead atoms. The van der Waals surface area contributed by atoms with Gasteiger partial charge in [-0.25, -0.2) is 0 Å². The SMILES string of the molecule is Cc1cccc(SCC(CCCC(F)(F)F)NN)c1. The number of alkyl halides is 3. The molecule has 0 heterocycles. The molecule has 2 nitrogen and oxygen atoms in total. The van der Waals surface area contributed by atoms with Crippen molar-refractivity contribution in [3.63, 3.8) is 0 Å². The highest BCUT2D eigenvalue weighted by atomic mass is 32.2. The molecule has 1 rings (SSSR count). The summed E-state index contributed by atoms with van der Waals surface area (Å²) in [6, 6.07) is 7.90. The molecule has 0 radical (unpaired) electrons. The molecule has 1 aromatic carbocycles. The molecule has 0 saturated carbocycles. The van der Waals surface area contributed by atoms with Crippen LogP contribution in [0.25, 0.3) is 0 Å². The van der Waals surface area contributed by atoms with Crippen LogP contribution in [0.5, 0.6) is 0 Å². The summed E-state index contributed by atoms with van der Waals surface area (Å²) < 4.78 is 36.1. The molecule has 3 N–H and O–H groups in total. The van der Waals surface area contributed by atoms with Crippen LogP contribution >= 0.6 is 11.8 Å². The third-order valence-electron chi connectivity index (χ3n) is 2.69. The van der Waals surface area contributed by atoms with E-state index in [2.05, 4.69) is 5.43 Å².